The lowest BCUT2D eigenvalue weighted by atomic mass is 9.94. The number of amides is 1. The number of nitrogens with zero attached hydrogens (tertiary/aromatic N) is 1. The molecule has 2 rings (SSSR count). The van der Waals surface area contributed by atoms with Crippen molar-refractivity contribution in [2.75, 3.05) is 13.1 Å². The van der Waals surface area contributed by atoms with Crippen molar-refractivity contribution in [1.29, 1.82) is 0 Å². The van der Waals surface area contributed by atoms with Crippen LogP contribution in [0.15, 0.2) is 0 Å². The Morgan fingerprint density at radius 1 is 1.05 bits per heavy atom. The largest absolute Gasteiger partial charge is 0.444 e. The summed E-state index contributed by atoms with van der Waals surface area (Å²) in [6.45, 7) is 7.40. The maximum absolute atomic E-state index is 12.1. The van der Waals surface area contributed by atoms with E-state index in [0.29, 0.717) is 12.1 Å². The van der Waals surface area contributed by atoms with Crippen LogP contribution in [0.1, 0.15) is 65.7 Å². The van der Waals surface area contributed by atoms with Gasteiger partial charge in [-0.3, -0.25) is 0 Å². The van der Waals surface area contributed by atoms with E-state index in [-0.39, 0.29) is 6.09 Å². The van der Waals surface area contributed by atoms with Gasteiger partial charge in [0.15, 0.2) is 0 Å². The lowest BCUT2D eigenvalue weighted by molar-refractivity contribution is 0.0181. The Bertz CT molecular complexity index is 319. The van der Waals surface area contributed by atoms with Crippen molar-refractivity contribution >= 4 is 6.09 Å². The summed E-state index contributed by atoms with van der Waals surface area (Å²) in [6.07, 6.45) is 8.76. The fourth-order valence-electron chi connectivity index (χ4n) is 3.21. The van der Waals surface area contributed by atoms with Gasteiger partial charge < -0.3 is 15.0 Å². The highest BCUT2D eigenvalue weighted by molar-refractivity contribution is 5.68. The van der Waals surface area contributed by atoms with Crippen molar-refractivity contribution in [3.63, 3.8) is 0 Å². The van der Waals surface area contributed by atoms with Gasteiger partial charge >= 0.3 is 6.09 Å². The van der Waals surface area contributed by atoms with Gasteiger partial charge in [-0.2, -0.15) is 0 Å². The van der Waals surface area contributed by atoms with Gasteiger partial charge in [0.05, 0.1) is 0 Å². The number of carbonyl (C=O) groups excluding carboxylic acids is 1. The molecule has 4 nitrogen and oxygen atoms in total. The molecule has 0 radical (unpaired) electrons. The molecule has 2 aliphatic rings. The molecular formula is C16H30N2O2. The first-order chi connectivity index (χ1) is 9.44. The highest BCUT2D eigenvalue weighted by atomic mass is 16.6. The van der Waals surface area contributed by atoms with Crippen LogP contribution >= 0.6 is 0 Å². The molecule has 2 fully saturated rings. The van der Waals surface area contributed by atoms with Gasteiger partial charge in [-0.15, -0.1) is 0 Å². The van der Waals surface area contributed by atoms with Crippen LogP contribution in [0.3, 0.4) is 0 Å². The van der Waals surface area contributed by atoms with E-state index in [1.807, 2.05) is 25.7 Å². The van der Waals surface area contributed by atoms with Gasteiger partial charge in [0.25, 0.3) is 0 Å². The third-order valence-electron chi connectivity index (χ3n) is 4.15. The number of likely N-dealkylation sites (tertiary alicyclic amines) is 1. The lowest BCUT2D eigenvalue weighted by Crippen LogP contribution is -2.51. The van der Waals surface area contributed by atoms with E-state index in [1.165, 1.54) is 38.5 Å². The van der Waals surface area contributed by atoms with Gasteiger partial charge in [0, 0.05) is 25.2 Å². The molecule has 1 amide bonds. The molecule has 0 aromatic carbocycles. The highest BCUT2D eigenvalue weighted by Gasteiger charge is 2.28. The van der Waals surface area contributed by atoms with Gasteiger partial charge in [0.1, 0.15) is 5.60 Å². The first-order valence-corrected chi connectivity index (χ1v) is 8.18. The third-order valence-corrected chi connectivity index (χ3v) is 4.15. The number of nitrogens with one attached hydrogen (secondary N) is 1. The van der Waals surface area contributed by atoms with E-state index >= 15 is 0 Å². The van der Waals surface area contributed by atoms with Crippen molar-refractivity contribution in [3.05, 3.63) is 0 Å². The molecule has 1 aliphatic heterocycles. The van der Waals surface area contributed by atoms with Gasteiger partial charge in [-0.1, -0.05) is 19.3 Å². The number of rotatable bonds is 2. The molecule has 1 unspecified atom stereocenters. The van der Waals surface area contributed by atoms with Crippen LogP contribution in [0.25, 0.3) is 0 Å². The second-order valence-electron chi connectivity index (χ2n) is 7.27. The molecule has 1 heterocycles. The van der Waals surface area contributed by atoms with E-state index in [4.69, 9.17) is 4.74 Å². The van der Waals surface area contributed by atoms with Crippen LogP contribution < -0.4 is 5.32 Å². The molecule has 116 valence electrons. The summed E-state index contributed by atoms with van der Waals surface area (Å²) in [5, 5.41) is 3.76. The van der Waals surface area contributed by atoms with Gasteiger partial charge in [-0.05, 0) is 46.5 Å². The first-order valence-electron chi connectivity index (χ1n) is 8.18. The Labute approximate surface area is 123 Å². The Kier molecular flexibility index (Phi) is 5.30. The Hall–Kier alpha value is -0.770. The Morgan fingerprint density at radius 2 is 1.70 bits per heavy atom. The average molecular weight is 282 g/mol. The summed E-state index contributed by atoms with van der Waals surface area (Å²) in [4.78, 5) is 14.0. The summed E-state index contributed by atoms with van der Waals surface area (Å²) < 4.78 is 5.47. The zero-order chi connectivity index (χ0) is 14.6. The molecular weight excluding hydrogens is 252 g/mol. The second-order valence-corrected chi connectivity index (χ2v) is 7.27. The Morgan fingerprint density at radius 3 is 2.35 bits per heavy atom. The molecule has 1 saturated heterocycles. The van der Waals surface area contributed by atoms with Crippen molar-refractivity contribution in [1.82, 2.24) is 10.2 Å². The van der Waals surface area contributed by atoms with Crippen LogP contribution in [-0.2, 0) is 4.74 Å². The zero-order valence-electron chi connectivity index (χ0n) is 13.3. The molecule has 1 aliphatic carbocycles. The fourth-order valence-corrected chi connectivity index (χ4v) is 3.21. The molecule has 0 spiro atoms. The summed E-state index contributed by atoms with van der Waals surface area (Å²) in [5.41, 5.74) is -0.402. The minimum atomic E-state index is -0.402. The minimum absolute atomic E-state index is 0.160. The minimum Gasteiger partial charge on any atom is -0.444 e. The number of ether oxygens (including phenoxy) is 1. The zero-order valence-corrected chi connectivity index (χ0v) is 13.3. The first kappa shape index (κ1) is 15.6. The van der Waals surface area contributed by atoms with Crippen molar-refractivity contribution < 1.29 is 9.53 Å². The van der Waals surface area contributed by atoms with Crippen molar-refractivity contribution in [2.24, 2.45) is 0 Å². The second kappa shape index (κ2) is 6.79. The number of piperidine rings is 1. The SMILES string of the molecule is CC(C)(C)OC(=O)N1CCCC(NC2CCCCC2)C1. The summed E-state index contributed by atoms with van der Waals surface area (Å²) in [6, 6.07) is 1.10. The molecule has 20 heavy (non-hydrogen) atoms. The molecule has 1 saturated carbocycles. The number of hydrogen-bond acceptors (Lipinski definition) is 3. The quantitative estimate of drug-likeness (QED) is 0.845. The van der Waals surface area contributed by atoms with E-state index in [9.17, 15) is 4.79 Å². The topological polar surface area (TPSA) is 41.6 Å². The van der Waals surface area contributed by atoms with Crippen LogP contribution in [0.4, 0.5) is 4.79 Å². The maximum Gasteiger partial charge on any atom is 0.410 e. The number of hydrogen-bond donors (Lipinski definition) is 1. The fraction of sp³-hybridized carbons (Fsp3) is 0.938. The van der Waals surface area contributed by atoms with Crippen LogP contribution in [0.2, 0.25) is 0 Å². The number of carbonyl (C=O) groups is 1. The standard InChI is InChI=1S/C16H30N2O2/c1-16(2,3)20-15(19)18-11-7-10-14(12-18)17-13-8-5-4-6-9-13/h13-14,17H,4-12H2,1-3H3. The van der Waals surface area contributed by atoms with Crippen LogP contribution in [-0.4, -0.2) is 41.8 Å². The highest BCUT2D eigenvalue weighted by Crippen LogP contribution is 2.20. The van der Waals surface area contributed by atoms with Crippen LogP contribution in [0, 0.1) is 0 Å². The lowest BCUT2D eigenvalue weighted by Gasteiger charge is -2.37. The molecule has 1 atom stereocenters. The van der Waals surface area contributed by atoms with Crippen molar-refractivity contribution in [2.45, 2.75) is 83.4 Å². The molecule has 0 bridgehead atoms. The average Bonchev–Trinajstić information content (AvgIpc) is 2.38. The van der Waals surface area contributed by atoms with E-state index < -0.39 is 5.60 Å². The predicted molar refractivity (Wildman–Crippen MR) is 80.8 cm³/mol. The van der Waals surface area contributed by atoms with E-state index in [0.717, 1.165) is 19.5 Å². The van der Waals surface area contributed by atoms with Gasteiger partial charge in [-0.25, -0.2) is 4.79 Å². The molecule has 4 heteroatoms. The summed E-state index contributed by atoms with van der Waals surface area (Å²) in [5.74, 6) is 0. The monoisotopic (exact) mass is 282 g/mol. The van der Waals surface area contributed by atoms with Crippen LogP contribution in [0.5, 0.6) is 0 Å². The Balaban J connectivity index is 1.80. The molecule has 0 aromatic heterocycles. The maximum atomic E-state index is 12.1. The third kappa shape index (κ3) is 4.97. The van der Waals surface area contributed by atoms with Crippen molar-refractivity contribution in [3.8, 4) is 0 Å². The van der Waals surface area contributed by atoms with E-state index in [2.05, 4.69) is 5.32 Å². The van der Waals surface area contributed by atoms with E-state index in [1.54, 1.807) is 0 Å². The predicted octanol–water partition coefficient (Wildman–Crippen LogP) is 3.31. The molecule has 0 aromatic rings. The molecule has 1 N–H and O–H groups in total. The van der Waals surface area contributed by atoms with Gasteiger partial charge in [0.2, 0.25) is 0 Å². The summed E-state index contributed by atoms with van der Waals surface area (Å²) >= 11 is 0. The normalized spacial score (nSPS) is 25.6. The summed E-state index contributed by atoms with van der Waals surface area (Å²) in [7, 11) is 0. The smallest absolute Gasteiger partial charge is 0.410 e.